The van der Waals surface area contributed by atoms with Crippen LogP contribution in [0.5, 0.6) is 5.06 Å². The van der Waals surface area contributed by atoms with Crippen LogP contribution in [0.3, 0.4) is 0 Å². The Hall–Kier alpha value is -0.570. The number of halogens is 1. The molecular formula is C4H3FOS. The molecular weight excluding hydrogens is 115 g/mol. The zero-order valence-corrected chi connectivity index (χ0v) is 4.20. The van der Waals surface area contributed by atoms with Crippen molar-refractivity contribution in [2.45, 2.75) is 0 Å². The minimum Gasteiger partial charge on any atom is -0.497 e. The molecule has 0 amide bonds. The van der Waals surface area contributed by atoms with Gasteiger partial charge in [0.1, 0.15) is 0 Å². The summed E-state index contributed by atoms with van der Waals surface area (Å²) in [7, 11) is 0. The maximum absolute atomic E-state index is 11.8. The van der Waals surface area contributed by atoms with Crippen molar-refractivity contribution in [2.24, 2.45) is 0 Å². The fourth-order valence-electron chi connectivity index (χ4n) is 0.286. The SMILES string of the molecule is Oc1sccc1F. The Bertz CT molecular complexity index is 144. The topological polar surface area (TPSA) is 20.2 Å². The van der Waals surface area contributed by atoms with Crippen LogP contribution < -0.4 is 0 Å². The highest BCUT2D eigenvalue weighted by Crippen LogP contribution is 2.20. The molecule has 0 atom stereocenters. The largest absolute Gasteiger partial charge is 0.497 e. The maximum atomic E-state index is 11.8. The number of hydrogen-bond acceptors (Lipinski definition) is 2. The first-order valence-electron chi connectivity index (χ1n) is 1.72. The zero-order chi connectivity index (χ0) is 5.28. The van der Waals surface area contributed by atoms with E-state index < -0.39 is 5.82 Å². The summed E-state index contributed by atoms with van der Waals surface area (Å²) in [5, 5.41) is 9.66. The van der Waals surface area contributed by atoms with E-state index in [0.717, 1.165) is 11.3 Å². The summed E-state index contributed by atoms with van der Waals surface area (Å²) < 4.78 is 11.8. The highest BCUT2D eigenvalue weighted by molar-refractivity contribution is 7.11. The summed E-state index contributed by atoms with van der Waals surface area (Å²) in [6.45, 7) is 0. The van der Waals surface area contributed by atoms with E-state index in [-0.39, 0.29) is 5.06 Å². The van der Waals surface area contributed by atoms with E-state index in [0.29, 0.717) is 0 Å². The second-order valence-electron chi connectivity index (χ2n) is 1.07. The van der Waals surface area contributed by atoms with Crippen molar-refractivity contribution in [3.8, 4) is 5.06 Å². The van der Waals surface area contributed by atoms with Gasteiger partial charge >= 0.3 is 0 Å². The first kappa shape index (κ1) is 4.59. The molecule has 0 aliphatic rings. The van der Waals surface area contributed by atoms with Crippen LogP contribution in [0.2, 0.25) is 0 Å². The lowest BCUT2D eigenvalue weighted by Crippen LogP contribution is -1.56. The van der Waals surface area contributed by atoms with Crippen LogP contribution in [0, 0.1) is 5.82 Å². The van der Waals surface area contributed by atoms with E-state index in [1.165, 1.54) is 11.4 Å². The van der Waals surface area contributed by atoms with Crippen molar-refractivity contribution in [3.05, 3.63) is 17.3 Å². The molecule has 1 aromatic rings. The Labute approximate surface area is 44.0 Å². The van der Waals surface area contributed by atoms with E-state index in [4.69, 9.17) is 5.11 Å². The minimum absolute atomic E-state index is 0.236. The van der Waals surface area contributed by atoms with E-state index >= 15 is 0 Å². The fraction of sp³-hybridized carbons (Fsp3) is 0. The van der Waals surface area contributed by atoms with Crippen LogP contribution in [-0.2, 0) is 0 Å². The van der Waals surface area contributed by atoms with E-state index in [2.05, 4.69) is 0 Å². The molecule has 0 unspecified atom stereocenters. The van der Waals surface area contributed by atoms with Crippen LogP contribution in [0.4, 0.5) is 4.39 Å². The van der Waals surface area contributed by atoms with Crippen LogP contribution >= 0.6 is 11.3 Å². The standard InChI is InChI=1S/C4H3FOS/c5-3-1-2-7-4(3)6/h1-2,6H. The van der Waals surface area contributed by atoms with Gasteiger partial charge in [0.05, 0.1) is 0 Å². The number of aromatic hydroxyl groups is 1. The predicted molar refractivity (Wildman–Crippen MR) is 25.9 cm³/mol. The summed E-state index contributed by atoms with van der Waals surface area (Å²) in [5.74, 6) is -0.537. The molecule has 1 rings (SSSR count). The number of hydrogen-bond donors (Lipinski definition) is 1. The summed E-state index contributed by atoms with van der Waals surface area (Å²) in [4.78, 5) is 0. The quantitative estimate of drug-likeness (QED) is 0.548. The van der Waals surface area contributed by atoms with Gasteiger partial charge in [-0.15, -0.1) is 11.3 Å². The Kier molecular flexibility index (Phi) is 0.982. The van der Waals surface area contributed by atoms with Gasteiger partial charge in [-0.3, -0.25) is 0 Å². The Morgan fingerprint density at radius 2 is 2.43 bits per heavy atom. The van der Waals surface area contributed by atoms with Crippen LogP contribution in [0.15, 0.2) is 11.4 Å². The Morgan fingerprint density at radius 3 is 2.57 bits per heavy atom. The Balaban J connectivity index is 3.12. The molecule has 3 heteroatoms. The molecule has 0 fully saturated rings. The highest BCUT2D eigenvalue weighted by atomic mass is 32.1. The van der Waals surface area contributed by atoms with Gasteiger partial charge < -0.3 is 5.11 Å². The van der Waals surface area contributed by atoms with Gasteiger partial charge in [-0.05, 0) is 11.4 Å². The molecule has 0 aliphatic carbocycles. The number of rotatable bonds is 0. The van der Waals surface area contributed by atoms with Gasteiger partial charge in [0, 0.05) is 0 Å². The summed E-state index contributed by atoms with van der Waals surface area (Å²) >= 11 is 0.985. The lowest BCUT2D eigenvalue weighted by molar-refractivity contribution is 0.449. The van der Waals surface area contributed by atoms with Gasteiger partial charge in [0.25, 0.3) is 0 Å². The van der Waals surface area contributed by atoms with E-state index in [9.17, 15) is 4.39 Å². The van der Waals surface area contributed by atoms with Crippen molar-refractivity contribution in [3.63, 3.8) is 0 Å². The van der Waals surface area contributed by atoms with Crippen molar-refractivity contribution >= 4 is 11.3 Å². The van der Waals surface area contributed by atoms with Gasteiger partial charge in [0.2, 0.25) is 5.06 Å². The van der Waals surface area contributed by atoms with Gasteiger partial charge in [-0.25, -0.2) is 4.39 Å². The summed E-state index contributed by atoms with van der Waals surface area (Å²) in [5.41, 5.74) is 0. The van der Waals surface area contributed by atoms with Crippen molar-refractivity contribution in [1.29, 1.82) is 0 Å². The van der Waals surface area contributed by atoms with E-state index in [1.54, 1.807) is 0 Å². The van der Waals surface area contributed by atoms with Crippen LogP contribution in [0.1, 0.15) is 0 Å². The second kappa shape index (κ2) is 1.50. The monoisotopic (exact) mass is 118 g/mol. The molecule has 1 nitrogen and oxygen atoms in total. The van der Waals surface area contributed by atoms with Gasteiger partial charge in [-0.1, -0.05) is 0 Å². The van der Waals surface area contributed by atoms with Crippen LogP contribution in [-0.4, -0.2) is 5.11 Å². The van der Waals surface area contributed by atoms with Crippen molar-refractivity contribution in [1.82, 2.24) is 0 Å². The highest BCUT2D eigenvalue weighted by Gasteiger charge is 1.95. The van der Waals surface area contributed by atoms with Crippen molar-refractivity contribution < 1.29 is 9.50 Å². The normalized spacial score (nSPS) is 9.29. The third-order valence-corrected chi connectivity index (χ3v) is 1.29. The molecule has 0 saturated carbocycles. The Morgan fingerprint density at radius 1 is 1.71 bits per heavy atom. The van der Waals surface area contributed by atoms with Crippen LogP contribution in [0.25, 0.3) is 0 Å². The third-order valence-electron chi connectivity index (χ3n) is 0.598. The molecule has 0 spiro atoms. The molecule has 7 heavy (non-hydrogen) atoms. The maximum Gasteiger partial charge on any atom is 0.207 e. The molecule has 0 radical (unpaired) electrons. The average Bonchev–Trinajstić information content (AvgIpc) is 1.91. The first-order chi connectivity index (χ1) is 3.30. The lowest BCUT2D eigenvalue weighted by atomic mass is 10.6. The first-order valence-corrected chi connectivity index (χ1v) is 2.60. The fourth-order valence-corrected chi connectivity index (χ4v) is 0.783. The van der Waals surface area contributed by atoms with Crippen molar-refractivity contribution in [2.75, 3.05) is 0 Å². The molecule has 0 aliphatic heterocycles. The summed E-state index contributed by atoms with van der Waals surface area (Å²) in [6, 6.07) is 1.22. The molecule has 1 N–H and O–H groups in total. The van der Waals surface area contributed by atoms with Gasteiger partial charge in [-0.2, -0.15) is 0 Å². The second-order valence-corrected chi connectivity index (χ2v) is 1.97. The number of thiophene rings is 1. The molecule has 0 aromatic carbocycles. The molecule has 38 valence electrons. The zero-order valence-electron chi connectivity index (χ0n) is 3.39. The molecule has 1 heterocycles. The minimum atomic E-state index is -0.537. The average molecular weight is 118 g/mol. The van der Waals surface area contributed by atoms with E-state index in [1.807, 2.05) is 0 Å². The van der Waals surface area contributed by atoms with Gasteiger partial charge in [0.15, 0.2) is 5.82 Å². The molecule has 0 bridgehead atoms. The lowest BCUT2D eigenvalue weighted by Gasteiger charge is -1.75. The molecule has 1 aromatic heterocycles. The molecule has 0 saturated heterocycles. The smallest absolute Gasteiger partial charge is 0.207 e. The summed E-state index contributed by atoms with van der Waals surface area (Å²) in [6.07, 6.45) is 0. The third kappa shape index (κ3) is 0.718. The predicted octanol–water partition coefficient (Wildman–Crippen LogP) is 1.59.